The quantitative estimate of drug-likeness (QED) is 0.803. The van der Waals surface area contributed by atoms with Crippen molar-refractivity contribution in [2.45, 2.75) is 6.30 Å². The zero-order valence-electron chi connectivity index (χ0n) is 11.4. The molecular formula is C14H9F3N4O2. The molecule has 2 heterocycles. The van der Waals surface area contributed by atoms with Crippen molar-refractivity contribution in [3.63, 3.8) is 0 Å². The van der Waals surface area contributed by atoms with Crippen molar-refractivity contribution in [2.75, 3.05) is 0 Å². The summed E-state index contributed by atoms with van der Waals surface area (Å²) in [4.78, 5) is 11.6. The fourth-order valence-electron chi connectivity index (χ4n) is 2.19. The minimum absolute atomic E-state index is 0.0336. The molecule has 3 aromatic rings. The van der Waals surface area contributed by atoms with E-state index in [4.69, 9.17) is 10.3 Å². The molecule has 0 saturated heterocycles. The van der Waals surface area contributed by atoms with Crippen molar-refractivity contribution in [1.82, 2.24) is 14.9 Å². The summed E-state index contributed by atoms with van der Waals surface area (Å²) in [6.07, 6.45) is -2.52. The third-order valence-corrected chi connectivity index (χ3v) is 3.14. The van der Waals surface area contributed by atoms with Gasteiger partial charge in [0.25, 0.3) is 0 Å². The Morgan fingerprint density at radius 1 is 1.22 bits per heavy atom. The number of alkyl halides is 3. The number of nitrogens with two attached hydrogens (primary N) is 1. The minimum atomic E-state index is -4.66. The first-order valence-corrected chi connectivity index (χ1v) is 6.35. The summed E-state index contributed by atoms with van der Waals surface area (Å²) in [7, 11) is 0. The van der Waals surface area contributed by atoms with Crippen LogP contribution in [0.1, 0.15) is 10.4 Å². The van der Waals surface area contributed by atoms with E-state index in [0.717, 1.165) is 12.3 Å². The predicted molar refractivity (Wildman–Crippen MR) is 73.0 cm³/mol. The summed E-state index contributed by atoms with van der Waals surface area (Å²) in [5.74, 6) is -0.507. The van der Waals surface area contributed by atoms with Gasteiger partial charge in [0, 0.05) is 29.0 Å². The maximum Gasteiger partial charge on any atom is 0.504 e. The standard InChI is InChI=1S/C14H9F3N4O2/c15-14(16,17)21-7-5-10(20-21)12-8(11-4-6-19-23-11)2-1-3-9(12)13(18)22/h1-7H,(H2,18,22). The SMILES string of the molecule is NC(=O)c1cccc(-c2ccno2)c1-c1ccn(C(F)(F)F)n1. The third kappa shape index (κ3) is 2.68. The number of rotatable bonds is 3. The minimum Gasteiger partial charge on any atom is -0.366 e. The average molecular weight is 322 g/mol. The summed E-state index contributed by atoms with van der Waals surface area (Å²) < 4.78 is 43.1. The van der Waals surface area contributed by atoms with Gasteiger partial charge in [-0.1, -0.05) is 17.3 Å². The van der Waals surface area contributed by atoms with Crippen LogP contribution in [0.15, 0.2) is 47.2 Å². The molecule has 118 valence electrons. The van der Waals surface area contributed by atoms with E-state index in [2.05, 4.69) is 10.3 Å². The molecule has 0 saturated carbocycles. The smallest absolute Gasteiger partial charge is 0.366 e. The first kappa shape index (κ1) is 14.8. The third-order valence-electron chi connectivity index (χ3n) is 3.14. The zero-order valence-corrected chi connectivity index (χ0v) is 11.4. The number of hydrogen-bond donors (Lipinski definition) is 1. The van der Waals surface area contributed by atoms with Crippen molar-refractivity contribution in [3.05, 3.63) is 48.3 Å². The van der Waals surface area contributed by atoms with E-state index in [9.17, 15) is 18.0 Å². The zero-order chi connectivity index (χ0) is 16.6. The second-order valence-electron chi connectivity index (χ2n) is 4.58. The lowest BCUT2D eigenvalue weighted by Gasteiger charge is -2.09. The van der Waals surface area contributed by atoms with Crippen LogP contribution in [-0.2, 0) is 6.30 Å². The Labute approximate surface area is 127 Å². The van der Waals surface area contributed by atoms with Crippen LogP contribution in [0, 0.1) is 0 Å². The molecule has 0 aliphatic rings. The number of halogens is 3. The number of hydrogen-bond acceptors (Lipinski definition) is 4. The topological polar surface area (TPSA) is 86.9 Å². The lowest BCUT2D eigenvalue weighted by Crippen LogP contribution is -2.17. The van der Waals surface area contributed by atoms with Crippen LogP contribution in [0.5, 0.6) is 0 Å². The highest BCUT2D eigenvalue weighted by molar-refractivity contribution is 6.03. The lowest BCUT2D eigenvalue weighted by molar-refractivity contribution is -0.212. The molecule has 23 heavy (non-hydrogen) atoms. The Kier molecular flexibility index (Phi) is 3.40. The van der Waals surface area contributed by atoms with Crippen molar-refractivity contribution in [2.24, 2.45) is 5.73 Å². The lowest BCUT2D eigenvalue weighted by atomic mass is 9.96. The van der Waals surface area contributed by atoms with Gasteiger partial charge in [0.2, 0.25) is 5.91 Å². The highest BCUT2D eigenvalue weighted by atomic mass is 19.4. The second kappa shape index (κ2) is 5.27. The van der Waals surface area contributed by atoms with Gasteiger partial charge in [0.15, 0.2) is 5.76 Å². The second-order valence-corrected chi connectivity index (χ2v) is 4.58. The van der Waals surface area contributed by atoms with Gasteiger partial charge in [-0.3, -0.25) is 4.79 Å². The van der Waals surface area contributed by atoms with E-state index in [1.165, 1.54) is 18.3 Å². The molecule has 1 amide bonds. The summed E-state index contributed by atoms with van der Waals surface area (Å²) >= 11 is 0. The molecule has 9 heteroatoms. The Morgan fingerprint density at radius 2 is 2.00 bits per heavy atom. The van der Waals surface area contributed by atoms with Crippen molar-refractivity contribution >= 4 is 5.91 Å². The molecule has 6 nitrogen and oxygen atoms in total. The van der Waals surface area contributed by atoms with Crippen LogP contribution in [0.25, 0.3) is 22.6 Å². The van der Waals surface area contributed by atoms with Crippen LogP contribution < -0.4 is 5.73 Å². The van der Waals surface area contributed by atoms with E-state index in [-0.39, 0.29) is 27.3 Å². The van der Waals surface area contributed by atoms with Gasteiger partial charge in [-0.15, -0.1) is 13.2 Å². The van der Waals surface area contributed by atoms with Gasteiger partial charge in [-0.05, 0) is 12.1 Å². The maximum absolute atomic E-state index is 12.7. The number of carbonyl (C=O) groups excluding carboxylic acids is 1. The van der Waals surface area contributed by atoms with Crippen molar-refractivity contribution in [1.29, 1.82) is 0 Å². The van der Waals surface area contributed by atoms with Gasteiger partial charge >= 0.3 is 6.30 Å². The fraction of sp³-hybridized carbons (Fsp3) is 0.0714. The molecule has 0 unspecified atom stereocenters. The predicted octanol–water partition coefficient (Wildman–Crippen LogP) is 2.78. The van der Waals surface area contributed by atoms with Gasteiger partial charge in [-0.2, -0.15) is 9.78 Å². The van der Waals surface area contributed by atoms with E-state index < -0.39 is 12.2 Å². The molecule has 0 aliphatic carbocycles. The normalized spacial score (nSPS) is 11.6. The largest absolute Gasteiger partial charge is 0.504 e. The van der Waals surface area contributed by atoms with Gasteiger partial charge in [0.1, 0.15) is 0 Å². The molecule has 3 rings (SSSR count). The van der Waals surface area contributed by atoms with E-state index in [0.29, 0.717) is 5.56 Å². The fourth-order valence-corrected chi connectivity index (χ4v) is 2.19. The van der Waals surface area contributed by atoms with Gasteiger partial charge < -0.3 is 10.3 Å². The van der Waals surface area contributed by atoms with Crippen molar-refractivity contribution < 1.29 is 22.5 Å². The molecule has 0 aliphatic heterocycles. The molecule has 0 spiro atoms. The molecular weight excluding hydrogens is 313 g/mol. The van der Waals surface area contributed by atoms with Crippen LogP contribution in [0.2, 0.25) is 0 Å². The Bertz CT molecular complexity index is 853. The first-order chi connectivity index (χ1) is 10.9. The number of primary amides is 1. The van der Waals surface area contributed by atoms with Crippen LogP contribution in [0.4, 0.5) is 13.2 Å². The Morgan fingerprint density at radius 3 is 2.57 bits per heavy atom. The van der Waals surface area contributed by atoms with Crippen molar-refractivity contribution in [3.8, 4) is 22.6 Å². The number of carbonyl (C=O) groups is 1. The number of benzene rings is 1. The molecule has 0 atom stereocenters. The first-order valence-electron chi connectivity index (χ1n) is 6.35. The highest BCUT2D eigenvalue weighted by Crippen LogP contribution is 2.35. The Balaban J connectivity index is 2.24. The number of amides is 1. The summed E-state index contributed by atoms with van der Waals surface area (Å²) in [5.41, 5.74) is 5.83. The molecule has 2 aromatic heterocycles. The van der Waals surface area contributed by atoms with Gasteiger partial charge in [0.05, 0.1) is 11.9 Å². The Hall–Kier alpha value is -3.10. The monoisotopic (exact) mass is 322 g/mol. The summed E-state index contributed by atoms with van der Waals surface area (Å²) in [5, 5.41) is 7.04. The maximum atomic E-state index is 12.7. The molecule has 0 radical (unpaired) electrons. The molecule has 0 fully saturated rings. The molecule has 0 bridgehead atoms. The summed E-state index contributed by atoms with van der Waals surface area (Å²) in [6, 6.07) is 7.20. The molecule has 2 N–H and O–H groups in total. The van der Waals surface area contributed by atoms with E-state index in [1.54, 1.807) is 12.1 Å². The van der Waals surface area contributed by atoms with E-state index in [1.807, 2.05) is 0 Å². The van der Waals surface area contributed by atoms with Crippen LogP contribution >= 0.6 is 0 Å². The highest BCUT2D eigenvalue weighted by Gasteiger charge is 2.32. The van der Waals surface area contributed by atoms with Gasteiger partial charge in [-0.25, -0.2) is 0 Å². The van der Waals surface area contributed by atoms with Crippen LogP contribution in [0.3, 0.4) is 0 Å². The average Bonchev–Trinajstić information content (AvgIpc) is 3.17. The number of aromatic nitrogens is 3. The van der Waals surface area contributed by atoms with Crippen LogP contribution in [-0.4, -0.2) is 20.8 Å². The number of nitrogens with zero attached hydrogens (tertiary/aromatic N) is 3. The van der Waals surface area contributed by atoms with E-state index >= 15 is 0 Å². The summed E-state index contributed by atoms with van der Waals surface area (Å²) in [6.45, 7) is 0. The molecule has 1 aromatic carbocycles.